The number of rotatable bonds is 9. The molecule has 0 fully saturated rings. The average molecular weight is 409 g/mol. The van der Waals surface area contributed by atoms with E-state index in [2.05, 4.69) is 0 Å². The molecule has 1 aromatic carbocycles. The van der Waals surface area contributed by atoms with Gasteiger partial charge in [0.1, 0.15) is 5.82 Å². The molecule has 0 spiro atoms. The number of anilines is 1. The largest absolute Gasteiger partial charge is 0.481 e. The first-order valence-electron chi connectivity index (χ1n) is 9.21. The summed E-state index contributed by atoms with van der Waals surface area (Å²) in [4.78, 5) is 48.0. The normalized spacial score (nSPS) is 14.8. The first-order chi connectivity index (χ1) is 13.4. The third-order valence-electron chi connectivity index (χ3n) is 5.76. The summed E-state index contributed by atoms with van der Waals surface area (Å²) in [6, 6.07) is 0. The molecule has 0 bridgehead atoms. The van der Waals surface area contributed by atoms with Crippen LogP contribution in [0.25, 0.3) is 0 Å². The van der Waals surface area contributed by atoms with Crippen LogP contribution in [0, 0.1) is 26.6 Å². The Labute approximate surface area is 166 Å². The van der Waals surface area contributed by atoms with Gasteiger partial charge in [-0.1, -0.05) is 0 Å². The maximum atomic E-state index is 15.3. The molecular formula is C20H24FNO7. The molecule has 9 heteroatoms. The Bertz CT molecular complexity index is 876. The molecule has 2 rings (SSSR count). The number of carbonyl (C=O) groups excluding carboxylic acids is 1. The van der Waals surface area contributed by atoms with Crippen molar-refractivity contribution in [3.63, 3.8) is 0 Å². The van der Waals surface area contributed by atoms with Gasteiger partial charge in [0.25, 0.3) is 0 Å². The lowest BCUT2D eigenvalue weighted by molar-refractivity contribution is -0.138. The SMILES string of the molecule is Cc1c(C)c(F)c2c(c1C)C(CCC(=O)O)(CCC(=O)O)C(=O)N2CCC(=O)O. The summed E-state index contributed by atoms with van der Waals surface area (Å²) in [5, 5.41) is 27.4. The van der Waals surface area contributed by atoms with Gasteiger partial charge in [0, 0.05) is 19.4 Å². The maximum absolute atomic E-state index is 15.3. The second-order valence-corrected chi connectivity index (χ2v) is 7.38. The molecule has 1 aromatic rings. The van der Waals surface area contributed by atoms with Crippen LogP contribution in [0.3, 0.4) is 0 Å². The number of carboxylic acid groups (broad SMARTS) is 3. The van der Waals surface area contributed by atoms with Crippen molar-refractivity contribution in [3.8, 4) is 0 Å². The number of halogens is 1. The lowest BCUT2D eigenvalue weighted by Crippen LogP contribution is -2.42. The van der Waals surface area contributed by atoms with Crippen LogP contribution in [0.15, 0.2) is 0 Å². The summed E-state index contributed by atoms with van der Waals surface area (Å²) in [5.41, 5.74) is 0.156. The Morgan fingerprint density at radius 2 is 1.34 bits per heavy atom. The molecule has 0 aromatic heterocycles. The monoisotopic (exact) mass is 409 g/mol. The number of benzene rings is 1. The van der Waals surface area contributed by atoms with Crippen molar-refractivity contribution in [1.82, 2.24) is 0 Å². The average Bonchev–Trinajstić information content (AvgIpc) is 2.88. The van der Waals surface area contributed by atoms with Gasteiger partial charge in [0.05, 0.1) is 17.5 Å². The van der Waals surface area contributed by atoms with Crippen LogP contribution < -0.4 is 4.90 Å². The highest BCUT2D eigenvalue weighted by molar-refractivity contribution is 6.09. The number of aliphatic carboxylic acids is 3. The van der Waals surface area contributed by atoms with E-state index in [0.29, 0.717) is 16.7 Å². The molecule has 0 atom stereocenters. The van der Waals surface area contributed by atoms with Crippen molar-refractivity contribution < 1.29 is 38.9 Å². The minimum atomic E-state index is -1.53. The van der Waals surface area contributed by atoms with E-state index in [1.54, 1.807) is 20.8 Å². The van der Waals surface area contributed by atoms with Crippen LogP contribution in [-0.4, -0.2) is 45.7 Å². The van der Waals surface area contributed by atoms with E-state index in [-0.39, 0.29) is 30.6 Å². The van der Waals surface area contributed by atoms with Gasteiger partial charge < -0.3 is 20.2 Å². The lowest BCUT2D eigenvalue weighted by Gasteiger charge is -2.29. The van der Waals surface area contributed by atoms with Crippen LogP contribution in [0.2, 0.25) is 0 Å². The van der Waals surface area contributed by atoms with Gasteiger partial charge in [-0.3, -0.25) is 19.2 Å². The highest BCUT2D eigenvalue weighted by atomic mass is 19.1. The van der Waals surface area contributed by atoms with Crippen LogP contribution in [-0.2, 0) is 24.6 Å². The summed E-state index contributed by atoms with van der Waals surface area (Å²) < 4.78 is 15.3. The molecule has 0 saturated heterocycles. The third kappa shape index (κ3) is 3.94. The van der Waals surface area contributed by atoms with E-state index in [1.807, 2.05) is 0 Å². The Morgan fingerprint density at radius 1 is 0.862 bits per heavy atom. The zero-order valence-electron chi connectivity index (χ0n) is 16.5. The molecule has 1 heterocycles. The van der Waals surface area contributed by atoms with E-state index < -0.39 is 54.3 Å². The second kappa shape index (κ2) is 8.18. The molecule has 1 aliphatic rings. The standard InChI is InChI=1S/C20H24FNO7/c1-10-11(2)16-18(17(21)12(10)3)22(9-6-15(27)28)19(29)20(16,7-4-13(23)24)8-5-14(25)26/h4-9H2,1-3H3,(H,23,24)(H,25,26)(H,27,28). The number of carbonyl (C=O) groups is 4. The highest BCUT2D eigenvalue weighted by Crippen LogP contribution is 2.51. The molecule has 0 aliphatic carbocycles. The van der Waals surface area contributed by atoms with Gasteiger partial charge in [0.2, 0.25) is 5.91 Å². The van der Waals surface area contributed by atoms with Crippen molar-refractivity contribution in [2.75, 3.05) is 11.4 Å². The van der Waals surface area contributed by atoms with Gasteiger partial charge in [0.15, 0.2) is 0 Å². The molecule has 1 amide bonds. The number of carboxylic acids is 3. The van der Waals surface area contributed by atoms with E-state index in [9.17, 15) is 29.4 Å². The van der Waals surface area contributed by atoms with Gasteiger partial charge >= 0.3 is 17.9 Å². The molecule has 0 saturated carbocycles. The Kier molecular flexibility index (Phi) is 6.30. The van der Waals surface area contributed by atoms with Crippen molar-refractivity contribution in [2.24, 2.45) is 0 Å². The Hall–Kier alpha value is -2.97. The van der Waals surface area contributed by atoms with E-state index in [1.165, 1.54) is 0 Å². The van der Waals surface area contributed by atoms with Gasteiger partial charge in [-0.2, -0.15) is 0 Å². The Morgan fingerprint density at radius 3 is 1.79 bits per heavy atom. The van der Waals surface area contributed by atoms with Crippen molar-refractivity contribution in [1.29, 1.82) is 0 Å². The molecule has 1 aliphatic heterocycles. The first-order valence-corrected chi connectivity index (χ1v) is 9.21. The number of hydrogen-bond acceptors (Lipinski definition) is 4. The quantitative estimate of drug-likeness (QED) is 0.571. The summed E-state index contributed by atoms with van der Waals surface area (Å²) in [5.74, 6) is -4.83. The fourth-order valence-corrected chi connectivity index (χ4v) is 4.05. The number of nitrogens with zero attached hydrogens (tertiary/aromatic N) is 1. The zero-order valence-corrected chi connectivity index (χ0v) is 16.5. The van der Waals surface area contributed by atoms with Crippen LogP contribution >= 0.6 is 0 Å². The second-order valence-electron chi connectivity index (χ2n) is 7.38. The summed E-state index contributed by atoms with van der Waals surface area (Å²) in [7, 11) is 0. The van der Waals surface area contributed by atoms with Gasteiger partial charge in [-0.25, -0.2) is 4.39 Å². The van der Waals surface area contributed by atoms with Crippen LogP contribution in [0.5, 0.6) is 0 Å². The Balaban J connectivity index is 2.77. The smallest absolute Gasteiger partial charge is 0.305 e. The van der Waals surface area contributed by atoms with E-state index >= 15 is 4.39 Å². The molecular weight excluding hydrogens is 385 g/mol. The predicted molar refractivity (Wildman–Crippen MR) is 101 cm³/mol. The molecule has 8 nitrogen and oxygen atoms in total. The van der Waals surface area contributed by atoms with Gasteiger partial charge in [-0.15, -0.1) is 0 Å². The minimum absolute atomic E-state index is 0.0624. The minimum Gasteiger partial charge on any atom is -0.481 e. The topological polar surface area (TPSA) is 132 Å². The van der Waals surface area contributed by atoms with Crippen molar-refractivity contribution >= 4 is 29.5 Å². The zero-order chi connectivity index (χ0) is 22.1. The number of hydrogen-bond donors (Lipinski definition) is 3. The lowest BCUT2D eigenvalue weighted by atomic mass is 9.71. The number of amides is 1. The molecule has 158 valence electrons. The molecule has 0 radical (unpaired) electrons. The summed E-state index contributed by atoms with van der Waals surface area (Å²) in [6.07, 6.45) is -1.65. The highest BCUT2D eigenvalue weighted by Gasteiger charge is 2.53. The summed E-state index contributed by atoms with van der Waals surface area (Å²) in [6.45, 7) is 4.62. The van der Waals surface area contributed by atoms with Crippen LogP contribution in [0.4, 0.5) is 10.1 Å². The maximum Gasteiger partial charge on any atom is 0.305 e. The third-order valence-corrected chi connectivity index (χ3v) is 5.76. The summed E-state index contributed by atoms with van der Waals surface area (Å²) >= 11 is 0. The van der Waals surface area contributed by atoms with E-state index in [0.717, 1.165) is 4.90 Å². The predicted octanol–water partition coefficient (Wildman–Crippen LogP) is 2.54. The molecule has 29 heavy (non-hydrogen) atoms. The van der Waals surface area contributed by atoms with Crippen molar-refractivity contribution in [2.45, 2.75) is 58.3 Å². The van der Waals surface area contributed by atoms with Crippen molar-refractivity contribution in [3.05, 3.63) is 28.1 Å². The molecule has 3 N–H and O–H groups in total. The van der Waals surface area contributed by atoms with Gasteiger partial charge in [-0.05, 0) is 55.9 Å². The van der Waals surface area contributed by atoms with E-state index in [4.69, 9.17) is 5.11 Å². The number of fused-ring (bicyclic) bond motifs is 1. The van der Waals surface area contributed by atoms with Crippen LogP contribution in [0.1, 0.15) is 54.4 Å². The molecule has 0 unspecified atom stereocenters. The fourth-order valence-electron chi connectivity index (χ4n) is 4.05. The fraction of sp³-hybridized carbons (Fsp3) is 0.500. The first kappa shape index (κ1) is 22.3.